The molecule has 180 valence electrons. The Bertz CT molecular complexity index is 1420. The van der Waals surface area contributed by atoms with E-state index in [1.165, 1.54) is 0 Å². The van der Waals surface area contributed by atoms with Crippen molar-refractivity contribution in [1.29, 1.82) is 0 Å². The van der Waals surface area contributed by atoms with E-state index < -0.39 is 0 Å². The molecule has 0 aliphatic rings. The van der Waals surface area contributed by atoms with E-state index in [1.54, 1.807) is 7.11 Å². The SMILES string of the molecule is COc1ccccc1C(CC(=O)NC(c1ccccc1)c1ccccc1)c1cn(C)c2ccccc12. The van der Waals surface area contributed by atoms with Crippen molar-refractivity contribution in [2.75, 3.05) is 7.11 Å². The maximum atomic E-state index is 13.7. The van der Waals surface area contributed by atoms with Gasteiger partial charge in [-0.15, -0.1) is 0 Å². The topological polar surface area (TPSA) is 43.3 Å². The van der Waals surface area contributed by atoms with Crippen molar-refractivity contribution < 1.29 is 9.53 Å². The van der Waals surface area contributed by atoms with Crippen LogP contribution in [-0.2, 0) is 11.8 Å². The van der Waals surface area contributed by atoms with Gasteiger partial charge in [0.05, 0.1) is 13.2 Å². The third-order valence-electron chi connectivity index (χ3n) is 6.78. The van der Waals surface area contributed by atoms with Gasteiger partial charge in [-0.3, -0.25) is 4.79 Å². The lowest BCUT2D eigenvalue weighted by atomic mass is 9.87. The highest BCUT2D eigenvalue weighted by Crippen LogP contribution is 2.38. The molecule has 1 amide bonds. The molecule has 4 aromatic carbocycles. The van der Waals surface area contributed by atoms with E-state index >= 15 is 0 Å². The van der Waals surface area contributed by atoms with E-state index in [0.717, 1.165) is 38.9 Å². The Hall–Kier alpha value is -4.31. The van der Waals surface area contributed by atoms with Gasteiger partial charge in [0.1, 0.15) is 5.75 Å². The zero-order chi connectivity index (χ0) is 24.9. The lowest BCUT2D eigenvalue weighted by molar-refractivity contribution is -0.121. The van der Waals surface area contributed by atoms with Gasteiger partial charge in [0.2, 0.25) is 5.91 Å². The molecule has 36 heavy (non-hydrogen) atoms. The molecule has 1 aromatic heterocycles. The summed E-state index contributed by atoms with van der Waals surface area (Å²) in [7, 11) is 3.73. The van der Waals surface area contributed by atoms with Crippen LogP contribution < -0.4 is 10.1 Å². The first-order valence-corrected chi connectivity index (χ1v) is 12.2. The predicted molar refractivity (Wildman–Crippen MR) is 145 cm³/mol. The smallest absolute Gasteiger partial charge is 0.221 e. The predicted octanol–water partition coefficient (Wildman–Crippen LogP) is 6.61. The number of fused-ring (bicyclic) bond motifs is 1. The van der Waals surface area contributed by atoms with Crippen LogP contribution in [0.4, 0.5) is 0 Å². The summed E-state index contributed by atoms with van der Waals surface area (Å²) in [5, 5.41) is 4.47. The van der Waals surface area contributed by atoms with Crippen molar-refractivity contribution in [3.63, 3.8) is 0 Å². The van der Waals surface area contributed by atoms with Crippen LogP contribution >= 0.6 is 0 Å². The molecule has 1 heterocycles. The number of amides is 1. The number of hydrogen-bond donors (Lipinski definition) is 1. The number of rotatable bonds is 8. The fourth-order valence-electron chi connectivity index (χ4n) is 5.05. The van der Waals surface area contributed by atoms with Gasteiger partial charge in [-0.1, -0.05) is 97.1 Å². The monoisotopic (exact) mass is 474 g/mol. The quantitative estimate of drug-likeness (QED) is 0.275. The normalized spacial score (nSPS) is 12.0. The van der Waals surface area contributed by atoms with Gasteiger partial charge < -0.3 is 14.6 Å². The number of ether oxygens (including phenoxy) is 1. The minimum absolute atomic E-state index is 0.0171. The number of methoxy groups -OCH3 is 1. The molecule has 1 atom stereocenters. The second kappa shape index (κ2) is 10.5. The molecule has 1 N–H and O–H groups in total. The van der Waals surface area contributed by atoms with Crippen molar-refractivity contribution >= 4 is 16.8 Å². The fourth-order valence-corrected chi connectivity index (χ4v) is 5.05. The highest BCUT2D eigenvalue weighted by molar-refractivity contribution is 5.87. The molecule has 4 heteroatoms. The second-order valence-electron chi connectivity index (χ2n) is 9.03. The summed E-state index contributed by atoms with van der Waals surface area (Å²) in [6, 6.07) is 36.3. The van der Waals surface area contributed by atoms with Gasteiger partial charge in [-0.25, -0.2) is 0 Å². The summed E-state index contributed by atoms with van der Waals surface area (Å²) in [6.45, 7) is 0. The van der Waals surface area contributed by atoms with Crippen molar-refractivity contribution in [2.24, 2.45) is 7.05 Å². The highest BCUT2D eigenvalue weighted by atomic mass is 16.5. The first kappa shape index (κ1) is 23.4. The molecule has 0 saturated heterocycles. The molecule has 0 radical (unpaired) electrons. The van der Waals surface area contributed by atoms with Crippen LogP contribution in [0.1, 0.15) is 40.6 Å². The van der Waals surface area contributed by atoms with Crippen LogP contribution in [0, 0.1) is 0 Å². The van der Waals surface area contributed by atoms with Crippen LogP contribution in [0.15, 0.2) is 115 Å². The summed E-state index contributed by atoms with van der Waals surface area (Å²) in [4.78, 5) is 13.7. The number of aryl methyl sites for hydroxylation is 1. The van der Waals surface area contributed by atoms with E-state index in [2.05, 4.69) is 58.5 Å². The zero-order valence-electron chi connectivity index (χ0n) is 20.6. The fraction of sp³-hybridized carbons (Fsp3) is 0.156. The molecule has 0 saturated carbocycles. The standard InChI is InChI=1S/C32H30N2O2/c1-34-22-28(25-17-9-11-19-29(25)34)27(26-18-10-12-20-30(26)36-2)21-31(35)33-32(23-13-5-3-6-14-23)24-15-7-4-8-16-24/h3-20,22,27,32H,21H2,1-2H3,(H,33,35). The number of carbonyl (C=O) groups is 1. The summed E-state index contributed by atoms with van der Waals surface area (Å²) < 4.78 is 7.86. The molecule has 5 aromatic rings. The lowest BCUT2D eigenvalue weighted by Crippen LogP contribution is -2.30. The Morgan fingerprint density at radius 1 is 0.778 bits per heavy atom. The third-order valence-corrected chi connectivity index (χ3v) is 6.78. The van der Waals surface area contributed by atoms with E-state index in [1.807, 2.05) is 73.8 Å². The van der Waals surface area contributed by atoms with Crippen LogP contribution in [-0.4, -0.2) is 17.6 Å². The van der Waals surface area contributed by atoms with Crippen molar-refractivity contribution in [2.45, 2.75) is 18.4 Å². The summed E-state index contributed by atoms with van der Waals surface area (Å²) in [6.07, 6.45) is 2.44. The second-order valence-corrected chi connectivity index (χ2v) is 9.03. The summed E-state index contributed by atoms with van der Waals surface area (Å²) >= 11 is 0. The minimum Gasteiger partial charge on any atom is -0.496 e. The number of benzene rings is 4. The van der Waals surface area contributed by atoms with Gasteiger partial charge in [-0.2, -0.15) is 0 Å². The van der Waals surface area contributed by atoms with E-state index in [9.17, 15) is 4.79 Å². The Labute approximate surface area is 212 Å². The largest absolute Gasteiger partial charge is 0.496 e. The maximum absolute atomic E-state index is 13.7. The highest BCUT2D eigenvalue weighted by Gasteiger charge is 2.26. The first-order chi connectivity index (χ1) is 17.7. The summed E-state index contributed by atoms with van der Waals surface area (Å²) in [5.74, 6) is 0.599. The number of nitrogens with zero attached hydrogens (tertiary/aromatic N) is 1. The van der Waals surface area contributed by atoms with Crippen LogP contribution in [0.2, 0.25) is 0 Å². The third kappa shape index (κ3) is 4.76. The molecule has 0 spiro atoms. The molecule has 0 fully saturated rings. The van der Waals surface area contributed by atoms with E-state index in [0.29, 0.717) is 6.42 Å². The van der Waals surface area contributed by atoms with Gasteiger partial charge in [0.25, 0.3) is 0 Å². The molecule has 1 unspecified atom stereocenters. The number of hydrogen-bond acceptors (Lipinski definition) is 2. The van der Waals surface area contributed by atoms with Gasteiger partial charge in [-0.05, 0) is 28.8 Å². The Balaban J connectivity index is 1.53. The zero-order valence-corrected chi connectivity index (χ0v) is 20.6. The Kier molecular flexibility index (Phi) is 6.85. The lowest BCUT2D eigenvalue weighted by Gasteiger charge is -2.23. The molecule has 4 nitrogen and oxygen atoms in total. The van der Waals surface area contributed by atoms with Crippen molar-refractivity contribution in [3.8, 4) is 5.75 Å². The van der Waals surface area contributed by atoms with Gasteiger partial charge in [0.15, 0.2) is 0 Å². The maximum Gasteiger partial charge on any atom is 0.221 e. The van der Waals surface area contributed by atoms with E-state index in [4.69, 9.17) is 4.74 Å². The summed E-state index contributed by atoms with van der Waals surface area (Å²) in [5.41, 5.74) is 5.36. The van der Waals surface area contributed by atoms with Gasteiger partial charge >= 0.3 is 0 Å². The number of carbonyl (C=O) groups excluding carboxylic acids is 1. The molecule has 0 aliphatic heterocycles. The number of aromatic nitrogens is 1. The Morgan fingerprint density at radius 2 is 1.36 bits per heavy atom. The van der Waals surface area contributed by atoms with Crippen LogP contribution in [0.5, 0.6) is 5.75 Å². The number of nitrogens with one attached hydrogen (secondary N) is 1. The minimum atomic E-state index is -0.231. The average Bonchev–Trinajstić information content (AvgIpc) is 3.27. The molecular weight excluding hydrogens is 444 g/mol. The van der Waals surface area contributed by atoms with Gasteiger partial charge in [0, 0.05) is 42.0 Å². The molecular formula is C32H30N2O2. The van der Waals surface area contributed by atoms with Crippen LogP contribution in [0.25, 0.3) is 10.9 Å². The van der Waals surface area contributed by atoms with E-state index in [-0.39, 0.29) is 17.9 Å². The molecule has 0 bridgehead atoms. The average molecular weight is 475 g/mol. The van der Waals surface area contributed by atoms with Crippen molar-refractivity contribution in [1.82, 2.24) is 9.88 Å². The molecule has 5 rings (SSSR count). The number of para-hydroxylation sites is 2. The molecule has 0 aliphatic carbocycles. The van der Waals surface area contributed by atoms with Crippen molar-refractivity contribution in [3.05, 3.63) is 138 Å². The first-order valence-electron chi connectivity index (χ1n) is 12.2. The Morgan fingerprint density at radius 3 is 2.03 bits per heavy atom. The van der Waals surface area contributed by atoms with Crippen LogP contribution in [0.3, 0.4) is 0 Å².